The first-order valence-electron chi connectivity index (χ1n) is 7.50. The number of amides is 1. The van der Waals surface area contributed by atoms with Gasteiger partial charge >= 0.3 is 5.91 Å². The highest BCUT2D eigenvalue weighted by Gasteiger charge is 2.29. The molecule has 0 radical (unpaired) electrons. The zero-order valence-electron chi connectivity index (χ0n) is 13.0. The lowest BCUT2D eigenvalue weighted by Crippen LogP contribution is -2.06. The van der Waals surface area contributed by atoms with Gasteiger partial charge < -0.3 is 0 Å². The van der Waals surface area contributed by atoms with E-state index in [0.717, 1.165) is 18.5 Å². The van der Waals surface area contributed by atoms with E-state index in [4.69, 9.17) is 11.6 Å². The van der Waals surface area contributed by atoms with Crippen molar-refractivity contribution in [2.24, 2.45) is 4.36 Å². The smallest absolute Gasteiger partial charge is 0.269 e. The van der Waals surface area contributed by atoms with E-state index in [1.807, 2.05) is 11.6 Å². The predicted octanol–water partition coefficient (Wildman–Crippen LogP) is 3.73. The van der Waals surface area contributed by atoms with E-state index >= 15 is 0 Å². The van der Waals surface area contributed by atoms with Gasteiger partial charge in [0.15, 0.2) is 5.69 Å². The molecular weight excluding hydrogens is 334 g/mol. The first kappa shape index (κ1) is 16.2. The van der Waals surface area contributed by atoms with Crippen LogP contribution in [0, 0.1) is 0 Å². The second-order valence-electron chi connectivity index (χ2n) is 5.70. The first-order chi connectivity index (χ1) is 10.9. The van der Waals surface area contributed by atoms with Crippen molar-refractivity contribution in [3.63, 3.8) is 0 Å². The van der Waals surface area contributed by atoms with Crippen LogP contribution in [0.2, 0.25) is 5.02 Å². The minimum absolute atomic E-state index is 0.255. The molecule has 0 N–H and O–H groups in total. The molecule has 5 nitrogen and oxygen atoms in total. The molecule has 1 saturated carbocycles. The summed E-state index contributed by atoms with van der Waals surface area (Å²) in [4.78, 5) is 12.8. The van der Waals surface area contributed by atoms with Crippen molar-refractivity contribution in [1.29, 1.82) is 0 Å². The zero-order valence-corrected chi connectivity index (χ0v) is 14.6. The number of nitrogens with zero attached hydrogens (tertiary/aromatic N) is 3. The van der Waals surface area contributed by atoms with Crippen LogP contribution >= 0.6 is 11.6 Å². The van der Waals surface area contributed by atoms with E-state index in [1.165, 1.54) is 6.26 Å². The van der Waals surface area contributed by atoms with E-state index in [9.17, 15) is 9.00 Å². The van der Waals surface area contributed by atoms with Gasteiger partial charge in [-0.1, -0.05) is 17.7 Å². The fraction of sp³-hybridized carbons (Fsp3) is 0.375. The molecule has 1 aliphatic carbocycles. The molecule has 3 rings (SSSR count). The highest BCUT2D eigenvalue weighted by Crippen LogP contribution is 2.40. The van der Waals surface area contributed by atoms with Crippen LogP contribution in [0.5, 0.6) is 0 Å². The highest BCUT2D eigenvalue weighted by atomic mass is 35.5. The molecule has 0 aliphatic heterocycles. The maximum absolute atomic E-state index is 12.8. The van der Waals surface area contributed by atoms with Gasteiger partial charge in [0.1, 0.15) is 0 Å². The second-order valence-corrected chi connectivity index (χ2v) is 8.40. The summed E-state index contributed by atoms with van der Waals surface area (Å²) >= 11 is 5.92. The van der Waals surface area contributed by atoms with Crippen molar-refractivity contribution in [2.45, 2.75) is 37.1 Å². The number of hydrogen-bond acceptors (Lipinski definition) is 3. The molecule has 1 atom stereocenters. The fourth-order valence-corrected chi connectivity index (χ4v) is 3.90. The number of carbonyl (C=O) groups excluding carboxylic acids is 1. The van der Waals surface area contributed by atoms with E-state index in [1.54, 1.807) is 30.3 Å². The normalized spacial score (nSPS) is 16.8. The van der Waals surface area contributed by atoms with Crippen LogP contribution in [-0.4, -0.2) is 26.2 Å². The molecule has 1 aliphatic rings. The Kier molecular flexibility index (Phi) is 4.29. The molecule has 1 aromatic heterocycles. The Labute approximate surface area is 140 Å². The number of hydrogen-bond donors (Lipinski definition) is 0. The molecular formula is C16H18ClN3O2S. The van der Waals surface area contributed by atoms with E-state index < -0.39 is 15.6 Å². The summed E-state index contributed by atoms with van der Waals surface area (Å²) in [6, 6.07) is 8.39. The molecule has 1 aromatic carbocycles. The van der Waals surface area contributed by atoms with Gasteiger partial charge in [0, 0.05) is 34.3 Å². The van der Waals surface area contributed by atoms with Crippen LogP contribution in [0.3, 0.4) is 0 Å². The van der Waals surface area contributed by atoms with Crippen molar-refractivity contribution in [3.8, 4) is 0 Å². The Morgan fingerprint density at radius 1 is 1.43 bits per heavy atom. The number of aryl methyl sites for hydroxylation is 1. The fourth-order valence-electron chi connectivity index (χ4n) is 2.46. The highest BCUT2D eigenvalue weighted by molar-refractivity contribution is 7.93. The second kappa shape index (κ2) is 6.09. The third kappa shape index (κ3) is 3.48. The lowest BCUT2D eigenvalue weighted by Gasteiger charge is -2.03. The lowest BCUT2D eigenvalue weighted by molar-refractivity contribution is 0.0999. The van der Waals surface area contributed by atoms with Gasteiger partial charge in [0.2, 0.25) is 0 Å². The molecule has 2 aromatic rings. The number of carbonyl (C=O) groups is 1. The van der Waals surface area contributed by atoms with Crippen molar-refractivity contribution < 1.29 is 9.00 Å². The van der Waals surface area contributed by atoms with Gasteiger partial charge in [-0.05, 0) is 44.0 Å². The molecule has 1 heterocycles. The molecule has 23 heavy (non-hydrogen) atoms. The van der Waals surface area contributed by atoms with Gasteiger partial charge in [-0.3, -0.25) is 9.48 Å². The number of halogens is 1. The van der Waals surface area contributed by atoms with Gasteiger partial charge in [-0.15, -0.1) is 0 Å². The van der Waals surface area contributed by atoms with Gasteiger partial charge in [0.25, 0.3) is 0 Å². The Morgan fingerprint density at radius 3 is 2.78 bits per heavy atom. The topological polar surface area (TPSA) is 64.3 Å². The average molecular weight is 352 g/mol. The minimum atomic E-state index is -2.85. The monoisotopic (exact) mass is 351 g/mol. The Balaban J connectivity index is 1.95. The zero-order chi connectivity index (χ0) is 16.6. The van der Waals surface area contributed by atoms with Crippen LogP contribution in [-0.2, 0) is 16.3 Å². The summed E-state index contributed by atoms with van der Waals surface area (Å²) in [6.07, 6.45) is 3.70. The Morgan fingerprint density at radius 2 is 2.17 bits per heavy atom. The number of benzene rings is 1. The van der Waals surface area contributed by atoms with Crippen molar-refractivity contribution in [2.75, 3.05) is 6.26 Å². The summed E-state index contributed by atoms with van der Waals surface area (Å²) in [5, 5.41) is 4.77. The average Bonchev–Trinajstić information content (AvgIpc) is 3.25. The van der Waals surface area contributed by atoms with Crippen LogP contribution in [0.15, 0.2) is 39.6 Å². The van der Waals surface area contributed by atoms with Gasteiger partial charge in [-0.2, -0.15) is 9.46 Å². The van der Waals surface area contributed by atoms with Crippen molar-refractivity contribution >= 4 is 27.2 Å². The Hall–Kier alpha value is -1.66. The van der Waals surface area contributed by atoms with Crippen LogP contribution in [0.25, 0.3) is 0 Å². The van der Waals surface area contributed by atoms with Gasteiger partial charge in [-0.25, -0.2) is 4.21 Å². The maximum Gasteiger partial charge on any atom is 0.305 e. The van der Waals surface area contributed by atoms with E-state index in [2.05, 4.69) is 9.46 Å². The molecule has 0 saturated heterocycles. The lowest BCUT2D eigenvalue weighted by atomic mass is 10.2. The van der Waals surface area contributed by atoms with Gasteiger partial charge in [0.05, 0.1) is 9.73 Å². The molecule has 0 bridgehead atoms. The molecule has 1 fully saturated rings. The third-order valence-corrected chi connectivity index (χ3v) is 5.69. The first-order valence-corrected chi connectivity index (χ1v) is 9.80. The summed E-state index contributed by atoms with van der Waals surface area (Å²) in [6.45, 7) is 2.69. The van der Waals surface area contributed by atoms with Crippen LogP contribution in [0.1, 0.15) is 41.9 Å². The van der Waals surface area contributed by atoms with Crippen molar-refractivity contribution in [1.82, 2.24) is 9.78 Å². The Bertz CT molecular complexity index is 877. The molecule has 0 spiro atoms. The number of aromatic nitrogens is 2. The summed E-state index contributed by atoms with van der Waals surface area (Å²) < 4.78 is 18.5. The summed E-state index contributed by atoms with van der Waals surface area (Å²) in [7, 11) is -2.85. The number of rotatable bonds is 4. The molecule has 1 amide bonds. The van der Waals surface area contributed by atoms with Crippen LogP contribution in [0.4, 0.5) is 0 Å². The standard InChI is InChI=1S/C16H18ClN3O2S/c1-3-20-15(11-7-8-11)10-14(18-20)16(21)19-23(2,22)13-6-4-5-12(17)9-13/h4-6,9-11H,3,7-8H2,1-2H3. The van der Waals surface area contributed by atoms with E-state index in [0.29, 0.717) is 22.4 Å². The summed E-state index contributed by atoms with van der Waals surface area (Å²) in [5.74, 6) is -0.0607. The van der Waals surface area contributed by atoms with Crippen LogP contribution < -0.4 is 0 Å². The third-order valence-electron chi connectivity index (χ3n) is 3.82. The molecule has 7 heteroatoms. The molecule has 1 unspecified atom stereocenters. The molecule has 122 valence electrons. The predicted molar refractivity (Wildman–Crippen MR) is 90.4 cm³/mol. The quantitative estimate of drug-likeness (QED) is 0.843. The maximum atomic E-state index is 12.8. The minimum Gasteiger partial charge on any atom is -0.269 e. The summed E-state index contributed by atoms with van der Waals surface area (Å²) in [5.41, 5.74) is 1.32. The van der Waals surface area contributed by atoms with E-state index in [-0.39, 0.29) is 5.69 Å². The SMILES string of the molecule is CCn1nc(C(=O)N=S(C)(=O)c2cccc(Cl)c2)cc1C1CC1. The largest absolute Gasteiger partial charge is 0.305 e. The van der Waals surface area contributed by atoms with Crippen molar-refractivity contribution in [3.05, 3.63) is 46.7 Å².